The van der Waals surface area contributed by atoms with Gasteiger partial charge in [0.05, 0.1) is 12.1 Å². The van der Waals surface area contributed by atoms with E-state index in [1.807, 2.05) is 5.38 Å². The molecule has 3 N–H and O–H groups in total. The van der Waals surface area contributed by atoms with Crippen molar-refractivity contribution in [1.82, 2.24) is 14.9 Å². The van der Waals surface area contributed by atoms with E-state index in [1.165, 1.54) is 11.3 Å². The van der Waals surface area contributed by atoms with Crippen LogP contribution in [-0.2, 0) is 11.3 Å². The summed E-state index contributed by atoms with van der Waals surface area (Å²) in [6, 6.07) is 1.80. The lowest BCUT2D eigenvalue weighted by Crippen LogP contribution is -2.28. The van der Waals surface area contributed by atoms with E-state index in [2.05, 4.69) is 9.97 Å². The maximum atomic E-state index is 11.8. The third-order valence-electron chi connectivity index (χ3n) is 2.77. The Balaban J connectivity index is 2.12. The van der Waals surface area contributed by atoms with Gasteiger partial charge in [-0.3, -0.25) is 9.59 Å². The molecule has 0 aliphatic carbocycles. The number of hydrogen-bond acceptors (Lipinski definition) is 5. The molecule has 0 bridgehead atoms. The Labute approximate surface area is 114 Å². The minimum atomic E-state index is -0.155. The van der Waals surface area contributed by atoms with Crippen molar-refractivity contribution in [3.63, 3.8) is 0 Å². The van der Waals surface area contributed by atoms with Crippen LogP contribution in [0.5, 0.6) is 0 Å². The predicted molar refractivity (Wildman–Crippen MR) is 75.0 cm³/mol. The molecule has 19 heavy (non-hydrogen) atoms. The smallest absolute Gasteiger partial charge is 0.268 e. The Morgan fingerprint density at radius 2 is 2.37 bits per heavy atom. The van der Waals surface area contributed by atoms with Crippen molar-refractivity contribution in [1.29, 1.82) is 0 Å². The van der Waals surface area contributed by atoms with Crippen LogP contribution in [0.4, 0.5) is 0 Å². The number of nitrogens with one attached hydrogen (secondary N) is 1. The minimum Gasteiger partial charge on any atom is -0.338 e. The number of H-pyrrole nitrogens is 1. The van der Waals surface area contributed by atoms with Crippen molar-refractivity contribution < 1.29 is 4.79 Å². The second kappa shape index (κ2) is 5.94. The lowest BCUT2D eigenvalue weighted by Gasteiger charge is -2.16. The second-order valence-electron chi connectivity index (χ2n) is 4.29. The fourth-order valence-electron chi connectivity index (χ4n) is 1.75. The molecule has 6 nitrogen and oxygen atoms in total. The highest BCUT2D eigenvalue weighted by Gasteiger charge is 2.11. The van der Waals surface area contributed by atoms with Crippen LogP contribution in [0.15, 0.2) is 16.2 Å². The van der Waals surface area contributed by atoms with Gasteiger partial charge in [0, 0.05) is 13.5 Å². The average molecular weight is 280 g/mol. The fourth-order valence-corrected chi connectivity index (χ4v) is 2.48. The molecule has 0 radical (unpaired) electrons. The lowest BCUT2D eigenvalue weighted by molar-refractivity contribution is -0.130. The molecule has 0 aliphatic rings. The number of hydrogen-bond donors (Lipinski definition) is 2. The van der Waals surface area contributed by atoms with Crippen LogP contribution in [-0.4, -0.2) is 34.4 Å². The van der Waals surface area contributed by atoms with Gasteiger partial charge in [-0.05, 0) is 24.4 Å². The van der Waals surface area contributed by atoms with Crippen LogP contribution in [0.1, 0.15) is 18.7 Å². The van der Waals surface area contributed by atoms with Crippen LogP contribution in [0, 0.1) is 0 Å². The van der Waals surface area contributed by atoms with Gasteiger partial charge in [0.25, 0.3) is 5.56 Å². The molecule has 0 saturated carbocycles. The molecule has 0 aromatic carbocycles. The van der Waals surface area contributed by atoms with Crippen molar-refractivity contribution in [2.75, 3.05) is 13.6 Å². The molecule has 7 heteroatoms. The molecule has 0 aliphatic heterocycles. The van der Waals surface area contributed by atoms with Crippen LogP contribution in [0.25, 0.3) is 10.2 Å². The number of nitrogens with zero attached hydrogens (tertiary/aromatic N) is 2. The zero-order valence-corrected chi connectivity index (χ0v) is 11.5. The number of nitrogens with two attached hydrogens (primary N) is 1. The molecular weight excluding hydrogens is 264 g/mol. The number of fused-ring (bicyclic) bond motifs is 1. The number of amides is 1. The normalized spacial score (nSPS) is 10.8. The highest BCUT2D eigenvalue weighted by atomic mass is 32.1. The molecule has 102 valence electrons. The molecule has 0 saturated heterocycles. The van der Waals surface area contributed by atoms with E-state index in [0.717, 1.165) is 0 Å². The van der Waals surface area contributed by atoms with E-state index in [1.54, 1.807) is 18.0 Å². The van der Waals surface area contributed by atoms with Crippen molar-refractivity contribution >= 4 is 27.5 Å². The topological polar surface area (TPSA) is 92.1 Å². The maximum absolute atomic E-state index is 11.8. The summed E-state index contributed by atoms with van der Waals surface area (Å²) in [7, 11) is 1.69. The Morgan fingerprint density at radius 1 is 1.58 bits per heavy atom. The largest absolute Gasteiger partial charge is 0.338 e. The number of thiophene rings is 1. The van der Waals surface area contributed by atoms with Gasteiger partial charge in [-0.2, -0.15) is 0 Å². The van der Waals surface area contributed by atoms with Crippen molar-refractivity contribution in [3.8, 4) is 0 Å². The van der Waals surface area contributed by atoms with Crippen LogP contribution >= 0.6 is 11.3 Å². The Hall–Kier alpha value is -1.73. The third-order valence-corrected chi connectivity index (χ3v) is 3.67. The van der Waals surface area contributed by atoms with Crippen molar-refractivity contribution in [3.05, 3.63) is 27.6 Å². The maximum Gasteiger partial charge on any atom is 0.268 e. The summed E-state index contributed by atoms with van der Waals surface area (Å²) in [5.41, 5.74) is 5.89. The van der Waals surface area contributed by atoms with E-state index >= 15 is 0 Å². The molecule has 0 spiro atoms. The summed E-state index contributed by atoms with van der Waals surface area (Å²) in [5, 5.41) is 1.83. The quantitative estimate of drug-likeness (QED) is 0.842. The van der Waals surface area contributed by atoms with Crippen molar-refractivity contribution in [2.45, 2.75) is 19.4 Å². The summed E-state index contributed by atoms with van der Waals surface area (Å²) in [6.07, 6.45) is 1.08. The van der Waals surface area contributed by atoms with Gasteiger partial charge >= 0.3 is 0 Å². The zero-order valence-electron chi connectivity index (χ0n) is 10.7. The summed E-state index contributed by atoms with van der Waals surface area (Å²) in [5.74, 6) is 0.498. The van der Waals surface area contributed by atoms with Gasteiger partial charge < -0.3 is 15.6 Å². The van der Waals surface area contributed by atoms with Crippen molar-refractivity contribution in [2.24, 2.45) is 5.73 Å². The first kappa shape index (κ1) is 13.7. The van der Waals surface area contributed by atoms with Gasteiger partial charge in [-0.1, -0.05) is 0 Å². The standard InChI is InChI=1S/C12H16N4O2S/c1-16(10(17)3-2-5-13)7-9-14-8-4-6-19-11(8)12(18)15-9/h4,6H,2-3,5,7,13H2,1H3,(H,14,15,18). The monoisotopic (exact) mass is 280 g/mol. The summed E-state index contributed by atoms with van der Waals surface area (Å²) < 4.78 is 0.612. The number of carbonyl (C=O) groups excluding carboxylic acids is 1. The van der Waals surface area contributed by atoms with Crippen LogP contribution < -0.4 is 11.3 Å². The first-order chi connectivity index (χ1) is 9.11. The highest BCUT2D eigenvalue weighted by Crippen LogP contribution is 2.14. The highest BCUT2D eigenvalue weighted by molar-refractivity contribution is 7.17. The Morgan fingerprint density at radius 3 is 3.11 bits per heavy atom. The molecule has 2 aromatic rings. The van der Waals surface area contributed by atoms with E-state index < -0.39 is 0 Å². The van der Waals surface area contributed by atoms with Crippen LogP contribution in [0.2, 0.25) is 0 Å². The first-order valence-electron chi connectivity index (χ1n) is 6.02. The summed E-state index contributed by atoms with van der Waals surface area (Å²) in [6.45, 7) is 0.792. The molecule has 0 fully saturated rings. The predicted octanol–water partition coefficient (Wildman–Crippen LogP) is 0.682. The van der Waals surface area contributed by atoms with Gasteiger partial charge in [-0.15, -0.1) is 11.3 Å². The number of aromatic amines is 1. The summed E-state index contributed by atoms with van der Waals surface area (Å²) >= 11 is 1.36. The first-order valence-corrected chi connectivity index (χ1v) is 6.90. The molecule has 0 unspecified atom stereocenters. The summed E-state index contributed by atoms with van der Waals surface area (Å²) in [4.78, 5) is 32.1. The molecule has 2 heterocycles. The molecular formula is C12H16N4O2S. The number of rotatable bonds is 5. The Bertz CT molecular complexity index is 634. The number of aromatic nitrogens is 2. The van der Waals surface area contributed by atoms with Gasteiger partial charge in [0.1, 0.15) is 10.5 Å². The number of carbonyl (C=O) groups is 1. The van der Waals surface area contributed by atoms with Gasteiger partial charge in [0.2, 0.25) is 5.91 Å². The zero-order chi connectivity index (χ0) is 13.8. The van der Waals surface area contributed by atoms with Crippen LogP contribution in [0.3, 0.4) is 0 Å². The molecule has 1 amide bonds. The molecule has 0 atom stereocenters. The van der Waals surface area contributed by atoms with E-state index in [4.69, 9.17) is 5.73 Å². The SMILES string of the molecule is CN(Cc1nc2ccsc2c(=O)[nH]1)C(=O)CCCN. The lowest BCUT2D eigenvalue weighted by atomic mass is 10.3. The average Bonchev–Trinajstić information content (AvgIpc) is 2.84. The third kappa shape index (κ3) is 3.18. The minimum absolute atomic E-state index is 0.00138. The fraction of sp³-hybridized carbons (Fsp3) is 0.417. The van der Waals surface area contributed by atoms with Gasteiger partial charge in [-0.25, -0.2) is 4.98 Å². The second-order valence-corrected chi connectivity index (χ2v) is 5.21. The van der Waals surface area contributed by atoms with E-state index in [-0.39, 0.29) is 11.5 Å². The van der Waals surface area contributed by atoms with Gasteiger partial charge in [0.15, 0.2) is 0 Å². The molecule has 2 aromatic heterocycles. The van der Waals surface area contributed by atoms with E-state index in [9.17, 15) is 9.59 Å². The van der Waals surface area contributed by atoms with E-state index in [0.29, 0.717) is 42.0 Å². The Kier molecular flexibility index (Phi) is 4.28. The molecule has 2 rings (SSSR count).